The molecule has 3 nitrogen and oxygen atoms in total. The third kappa shape index (κ3) is 3.19. The molecule has 0 bridgehead atoms. The molecule has 0 radical (unpaired) electrons. The van der Waals surface area contributed by atoms with Crippen LogP contribution in [0.3, 0.4) is 0 Å². The molecule has 0 aliphatic carbocycles. The number of hydrogen-bond acceptors (Lipinski definition) is 3. The second-order valence-electron chi connectivity index (χ2n) is 6.84. The Kier molecular flexibility index (Phi) is 4.37. The third-order valence-corrected chi connectivity index (χ3v) is 6.01. The van der Waals surface area contributed by atoms with Gasteiger partial charge in [-0.2, -0.15) is 0 Å². The zero-order valence-corrected chi connectivity index (χ0v) is 16.2. The van der Waals surface area contributed by atoms with E-state index in [1.807, 2.05) is 35.7 Å². The first kappa shape index (κ1) is 17.6. The van der Waals surface area contributed by atoms with Crippen molar-refractivity contribution in [2.75, 3.05) is 16.9 Å². The van der Waals surface area contributed by atoms with Crippen LogP contribution in [0, 0.1) is 5.82 Å². The number of thiophene rings is 1. The van der Waals surface area contributed by atoms with E-state index >= 15 is 0 Å². The van der Waals surface area contributed by atoms with Crippen molar-refractivity contribution in [1.29, 1.82) is 0 Å². The summed E-state index contributed by atoms with van der Waals surface area (Å²) in [5.74, 6) is -0.476. The molecule has 1 N–H and O–H groups in total. The van der Waals surface area contributed by atoms with E-state index in [1.165, 1.54) is 23.5 Å². The van der Waals surface area contributed by atoms with Crippen molar-refractivity contribution >= 4 is 27.9 Å². The Labute approximate surface area is 172 Å². The van der Waals surface area contributed by atoms with E-state index in [1.54, 1.807) is 17.0 Å². The smallest absolute Gasteiger partial charge is 0.263 e. The standard InChI is InChI=1S/C24H17FN2OS/c25-19-7-4-8-20(13-19)27-15-26-23-22(24(27)28)21(14-29-23)18-11-9-17(10-12-18)16-5-2-1-3-6-16/h1-14,26H,15H2. The molecule has 0 saturated heterocycles. The van der Waals surface area contributed by atoms with Crippen LogP contribution in [-0.2, 0) is 0 Å². The van der Waals surface area contributed by atoms with Crippen LogP contribution in [0.1, 0.15) is 10.4 Å². The SMILES string of the molecule is O=C1c2c(-c3ccc(-c4ccccc4)cc3)csc2NCN1c1cccc(F)c1. The van der Waals surface area contributed by atoms with E-state index in [2.05, 4.69) is 29.6 Å². The van der Waals surface area contributed by atoms with Gasteiger partial charge in [-0.3, -0.25) is 9.69 Å². The van der Waals surface area contributed by atoms with Crippen LogP contribution in [0.2, 0.25) is 0 Å². The summed E-state index contributed by atoms with van der Waals surface area (Å²) in [7, 11) is 0. The maximum absolute atomic E-state index is 13.7. The molecule has 1 aliphatic rings. The first-order valence-electron chi connectivity index (χ1n) is 9.29. The number of hydrogen-bond donors (Lipinski definition) is 1. The Morgan fingerprint density at radius 1 is 0.862 bits per heavy atom. The van der Waals surface area contributed by atoms with Crippen molar-refractivity contribution in [3.63, 3.8) is 0 Å². The van der Waals surface area contributed by atoms with Gasteiger partial charge in [0.2, 0.25) is 0 Å². The van der Waals surface area contributed by atoms with Crippen molar-refractivity contribution in [2.45, 2.75) is 0 Å². The molecule has 29 heavy (non-hydrogen) atoms. The van der Waals surface area contributed by atoms with Gasteiger partial charge in [-0.15, -0.1) is 11.3 Å². The predicted molar refractivity (Wildman–Crippen MR) is 117 cm³/mol. The first-order chi connectivity index (χ1) is 14.2. The number of carbonyl (C=O) groups excluding carboxylic acids is 1. The van der Waals surface area contributed by atoms with E-state index in [-0.39, 0.29) is 11.7 Å². The molecular weight excluding hydrogens is 383 g/mol. The number of rotatable bonds is 3. The Hall–Kier alpha value is -3.44. The minimum Gasteiger partial charge on any atom is -0.358 e. The van der Waals surface area contributed by atoms with Crippen LogP contribution in [0.15, 0.2) is 84.2 Å². The summed E-state index contributed by atoms with van der Waals surface area (Å²) in [6, 6.07) is 24.5. The van der Waals surface area contributed by atoms with Gasteiger partial charge < -0.3 is 5.32 Å². The summed E-state index contributed by atoms with van der Waals surface area (Å²) in [5, 5.41) is 6.14. The van der Waals surface area contributed by atoms with Crippen LogP contribution in [-0.4, -0.2) is 12.6 Å². The van der Waals surface area contributed by atoms with E-state index in [4.69, 9.17) is 0 Å². The summed E-state index contributed by atoms with van der Waals surface area (Å²) in [4.78, 5) is 14.8. The van der Waals surface area contributed by atoms with Crippen LogP contribution < -0.4 is 10.2 Å². The molecule has 0 spiro atoms. The highest BCUT2D eigenvalue weighted by Crippen LogP contribution is 2.40. The number of amides is 1. The maximum atomic E-state index is 13.7. The number of nitrogens with zero attached hydrogens (tertiary/aromatic N) is 1. The highest BCUT2D eigenvalue weighted by Gasteiger charge is 2.30. The molecule has 3 aromatic carbocycles. The van der Waals surface area contributed by atoms with Crippen molar-refractivity contribution in [1.82, 2.24) is 0 Å². The zero-order valence-electron chi connectivity index (χ0n) is 15.4. The van der Waals surface area contributed by atoms with E-state index in [0.29, 0.717) is 17.9 Å². The summed E-state index contributed by atoms with van der Waals surface area (Å²) >= 11 is 1.52. The Morgan fingerprint density at radius 2 is 1.59 bits per heavy atom. The number of carbonyl (C=O) groups is 1. The number of nitrogens with one attached hydrogen (secondary N) is 1. The molecule has 1 aromatic heterocycles. The average molecular weight is 400 g/mol. The zero-order chi connectivity index (χ0) is 19.8. The summed E-state index contributed by atoms with van der Waals surface area (Å²) in [5.41, 5.74) is 5.34. The average Bonchev–Trinajstić information content (AvgIpc) is 3.20. The molecule has 0 unspecified atom stereocenters. The molecule has 5 heteroatoms. The summed E-state index contributed by atoms with van der Waals surface area (Å²) in [6.07, 6.45) is 0. The highest BCUT2D eigenvalue weighted by atomic mass is 32.1. The lowest BCUT2D eigenvalue weighted by Gasteiger charge is -2.28. The van der Waals surface area contributed by atoms with E-state index in [0.717, 1.165) is 27.3 Å². The lowest BCUT2D eigenvalue weighted by atomic mass is 9.98. The molecule has 1 amide bonds. The molecular formula is C24H17FN2OS. The normalized spacial score (nSPS) is 13.1. The van der Waals surface area contributed by atoms with Crippen molar-refractivity contribution < 1.29 is 9.18 Å². The predicted octanol–water partition coefficient (Wildman–Crippen LogP) is 6.25. The number of fused-ring (bicyclic) bond motifs is 1. The molecule has 0 fully saturated rings. The molecule has 4 aromatic rings. The Bertz CT molecular complexity index is 1190. The van der Waals surface area contributed by atoms with Gasteiger partial charge in [-0.05, 0) is 34.9 Å². The third-order valence-electron chi connectivity index (χ3n) is 5.07. The minimum atomic E-state index is -0.358. The first-order valence-corrected chi connectivity index (χ1v) is 10.2. The number of benzene rings is 3. The largest absolute Gasteiger partial charge is 0.358 e. The monoisotopic (exact) mass is 400 g/mol. The topological polar surface area (TPSA) is 32.3 Å². The Balaban J connectivity index is 1.50. The van der Waals surface area contributed by atoms with Crippen molar-refractivity contribution in [2.24, 2.45) is 0 Å². The lowest BCUT2D eigenvalue weighted by molar-refractivity contribution is 0.0987. The van der Waals surface area contributed by atoms with Crippen LogP contribution in [0.5, 0.6) is 0 Å². The highest BCUT2D eigenvalue weighted by molar-refractivity contribution is 7.15. The van der Waals surface area contributed by atoms with Gasteiger partial charge in [-0.1, -0.05) is 60.7 Å². The lowest BCUT2D eigenvalue weighted by Crippen LogP contribution is -2.39. The fourth-order valence-electron chi connectivity index (χ4n) is 3.60. The van der Waals surface area contributed by atoms with E-state index in [9.17, 15) is 9.18 Å². The summed E-state index contributed by atoms with van der Waals surface area (Å²) in [6.45, 7) is 0.322. The Morgan fingerprint density at radius 3 is 2.34 bits per heavy atom. The summed E-state index contributed by atoms with van der Waals surface area (Å²) < 4.78 is 13.7. The molecule has 0 saturated carbocycles. The quantitative estimate of drug-likeness (QED) is 0.441. The molecule has 1 aliphatic heterocycles. The second-order valence-corrected chi connectivity index (χ2v) is 7.72. The van der Waals surface area contributed by atoms with Gasteiger partial charge in [0.15, 0.2) is 0 Å². The van der Waals surface area contributed by atoms with Gasteiger partial charge in [0.05, 0.1) is 12.2 Å². The van der Waals surface area contributed by atoms with Gasteiger partial charge in [-0.25, -0.2) is 4.39 Å². The van der Waals surface area contributed by atoms with E-state index < -0.39 is 0 Å². The van der Waals surface area contributed by atoms with Crippen molar-refractivity contribution in [3.8, 4) is 22.3 Å². The number of anilines is 2. The number of halogens is 1. The van der Waals surface area contributed by atoms with Gasteiger partial charge in [0.1, 0.15) is 10.8 Å². The van der Waals surface area contributed by atoms with Gasteiger partial charge in [0, 0.05) is 16.6 Å². The second kappa shape index (κ2) is 7.18. The maximum Gasteiger partial charge on any atom is 0.263 e. The van der Waals surface area contributed by atoms with Crippen LogP contribution >= 0.6 is 11.3 Å². The molecule has 5 rings (SSSR count). The minimum absolute atomic E-state index is 0.118. The molecule has 2 heterocycles. The van der Waals surface area contributed by atoms with Gasteiger partial charge >= 0.3 is 0 Å². The fraction of sp³-hybridized carbons (Fsp3) is 0.0417. The molecule has 0 atom stereocenters. The fourth-order valence-corrected chi connectivity index (χ4v) is 4.55. The van der Waals surface area contributed by atoms with Gasteiger partial charge in [0.25, 0.3) is 5.91 Å². The molecule has 142 valence electrons. The van der Waals surface area contributed by atoms with Crippen LogP contribution in [0.25, 0.3) is 22.3 Å². The van der Waals surface area contributed by atoms with Crippen molar-refractivity contribution in [3.05, 3.63) is 95.6 Å². The van der Waals surface area contributed by atoms with Crippen LogP contribution in [0.4, 0.5) is 15.1 Å².